The van der Waals surface area contributed by atoms with Crippen LogP contribution in [0.4, 0.5) is 0 Å². The number of rotatable bonds is 3. The van der Waals surface area contributed by atoms with Crippen LogP contribution in [0.2, 0.25) is 0 Å². The Kier molecular flexibility index (Phi) is 4.10. The Morgan fingerprint density at radius 2 is 1.18 bits per heavy atom. The Bertz CT molecular complexity index is 447. The van der Waals surface area contributed by atoms with Gasteiger partial charge >= 0.3 is 0 Å². The van der Waals surface area contributed by atoms with Gasteiger partial charge in [-0.25, -0.2) is 0 Å². The number of nitrogens with zero attached hydrogens (tertiary/aromatic N) is 1. The highest BCUT2D eigenvalue weighted by Gasteiger charge is 2.04. The molecule has 0 saturated heterocycles. The van der Waals surface area contributed by atoms with Gasteiger partial charge in [-0.05, 0) is 48.8 Å². The maximum atomic E-state index is 4.85. The Morgan fingerprint density at radius 3 is 1.53 bits per heavy atom. The van der Waals surface area contributed by atoms with Crippen molar-refractivity contribution in [3.63, 3.8) is 0 Å². The molecule has 2 rings (SSSR count). The zero-order valence-electron chi connectivity index (χ0n) is 10.2. The largest absolute Gasteiger partial charge is 0.253 e. The maximum Gasteiger partial charge on any atom is 0.0519 e. The molecule has 2 aromatic carbocycles. The Balaban J connectivity index is 2.47. The fourth-order valence-electron chi connectivity index (χ4n) is 1.57. The minimum atomic E-state index is -0.156. The van der Waals surface area contributed by atoms with Crippen LogP contribution in [0.15, 0.2) is 74.8 Å². The van der Waals surface area contributed by atoms with E-state index in [0.717, 1.165) is 0 Å². The highest BCUT2D eigenvalue weighted by Crippen LogP contribution is 2.19. The first-order chi connectivity index (χ1) is 8.27. The molecule has 2 heteroatoms. The lowest BCUT2D eigenvalue weighted by Gasteiger charge is -2.10. The SMILES string of the molecule is CC(C)N=S(c1ccccc1)c1ccccc1. The molecule has 0 aliphatic rings. The summed E-state index contributed by atoms with van der Waals surface area (Å²) in [6.07, 6.45) is 0. The Morgan fingerprint density at radius 1 is 0.765 bits per heavy atom. The van der Waals surface area contributed by atoms with E-state index in [-0.39, 0.29) is 10.7 Å². The lowest BCUT2D eigenvalue weighted by atomic mass is 10.4. The first kappa shape index (κ1) is 12.1. The van der Waals surface area contributed by atoms with Gasteiger partial charge in [-0.2, -0.15) is 0 Å². The van der Waals surface area contributed by atoms with Crippen molar-refractivity contribution >= 4 is 10.7 Å². The van der Waals surface area contributed by atoms with Gasteiger partial charge in [0.05, 0.1) is 6.04 Å². The average Bonchev–Trinajstić information content (AvgIpc) is 2.38. The molecule has 0 unspecified atom stereocenters. The van der Waals surface area contributed by atoms with Crippen LogP contribution in [-0.2, 0) is 10.7 Å². The quantitative estimate of drug-likeness (QED) is 0.761. The third-order valence-electron chi connectivity index (χ3n) is 2.25. The summed E-state index contributed by atoms with van der Waals surface area (Å²) in [5.41, 5.74) is 0. The zero-order chi connectivity index (χ0) is 12.1. The summed E-state index contributed by atoms with van der Waals surface area (Å²) in [7, 11) is -0.156. The molecular weight excluding hydrogens is 226 g/mol. The Labute approximate surface area is 106 Å². The van der Waals surface area contributed by atoms with E-state index in [1.807, 2.05) is 12.1 Å². The molecule has 17 heavy (non-hydrogen) atoms. The topological polar surface area (TPSA) is 12.4 Å². The average molecular weight is 243 g/mol. The highest BCUT2D eigenvalue weighted by molar-refractivity contribution is 7.87. The Hall–Kier alpha value is -1.41. The number of benzene rings is 2. The normalized spacial score (nSPS) is 10.8. The van der Waals surface area contributed by atoms with Gasteiger partial charge in [-0.15, -0.1) is 0 Å². The summed E-state index contributed by atoms with van der Waals surface area (Å²) in [4.78, 5) is 2.57. The zero-order valence-corrected chi connectivity index (χ0v) is 11.0. The molecule has 0 radical (unpaired) electrons. The molecule has 1 nitrogen and oxygen atoms in total. The van der Waals surface area contributed by atoms with E-state index in [0.29, 0.717) is 6.04 Å². The van der Waals surface area contributed by atoms with E-state index in [2.05, 4.69) is 62.4 Å². The molecular formula is C15H17NS. The molecule has 0 saturated carbocycles. The van der Waals surface area contributed by atoms with Crippen molar-refractivity contribution < 1.29 is 0 Å². The summed E-state index contributed by atoms with van der Waals surface area (Å²) in [6, 6.07) is 21.4. The van der Waals surface area contributed by atoms with Gasteiger partial charge in [-0.1, -0.05) is 36.4 Å². The van der Waals surface area contributed by atoms with Crippen LogP contribution in [0.1, 0.15) is 13.8 Å². The van der Waals surface area contributed by atoms with Crippen molar-refractivity contribution in [1.29, 1.82) is 0 Å². The summed E-state index contributed by atoms with van der Waals surface area (Å²) in [5.74, 6) is 0. The van der Waals surface area contributed by atoms with E-state index in [1.165, 1.54) is 9.79 Å². The number of hydrogen-bond acceptors (Lipinski definition) is 1. The van der Waals surface area contributed by atoms with Gasteiger partial charge < -0.3 is 0 Å². The molecule has 0 aromatic heterocycles. The molecule has 0 atom stereocenters. The molecule has 0 heterocycles. The van der Waals surface area contributed by atoms with Gasteiger partial charge in [0.25, 0.3) is 0 Å². The second kappa shape index (κ2) is 5.78. The number of hydrogen-bond donors (Lipinski definition) is 0. The second-order valence-electron chi connectivity index (χ2n) is 4.11. The van der Waals surface area contributed by atoms with E-state index >= 15 is 0 Å². The van der Waals surface area contributed by atoms with Crippen LogP contribution in [0.5, 0.6) is 0 Å². The maximum absolute atomic E-state index is 4.85. The smallest absolute Gasteiger partial charge is 0.0519 e. The monoisotopic (exact) mass is 243 g/mol. The molecule has 0 N–H and O–H groups in total. The molecule has 0 amide bonds. The minimum absolute atomic E-state index is 0.156. The van der Waals surface area contributed by atoms with Crippen molar-refractivity contribution in [1.82, 2.24) is 0 Å². The van der Waals surface area contributed by atoms with Crippen molar-refractivity contribution in [3.8, 4) is 0 Å². The van der Waals surface area contributed by atoms with Crippen molar-refractivity contribution in [2.75, 3.05) is 0 Å². The molecule has 0 fully saturated rings. The standard InChI is InChI=1S/C15H17NS/c1-13(2)16-17(14-9-5-3-6-10-14)15-11-7-4-8-12-15/h3-13H,1-2H3. The van der Waals surface area contributed by atoms with Crippen LogP contribution < -0.4 is 0 Å². The summed E-state index contributed by atoms with van der Waals surface area (Å²) >= 11 is 0. The molecule has 0 spiro atoms. The summed E-state index contributed by atoms with van der Waals surface area (Å²) < 4.78 is 4.85. The first-order valence-corrected chi connectivity index (χ1v) is 7.01. The summed E-state index contributed by atoms with van der Waals surface area (Å²) in [6.45, 7) is 4.26. The lowest BCUT2D eigenvalue weighted by Crippen LogP contribution is -1.98. The molecule has 0 aliphatic heterocycles. The molecule has 88 valence electrons. The lowest BCUT2D eigenvalue weighted by molar-refractivity contribution is 0.848. The summed E-state index contributed by atoms with van der Waals surface area (Å²) in [5, 5.41) is 0. The molecule has 2 aromatic rings. The fourth-order valence-corrected chi connectivity index (χ4v) is 3.33. The van der Waals surface area contributed by atoms with Crippen LogP contribution in [0.3, 0.4) is 0 Å². The fraction of sp³-hybridized carbons (Fsp3) is 0.200. The first-order valence-electron chi connectivity index (χ1n) is 5.83. The molecule has 0 aliphatic carbocycles. The third kappa shape index (κ3) is 3.27. The van der Waals surface area contributed by atoms with Gasteiger partial charge in [0.2, 0.25) is 0 Å². The highest BCUT2D eigenvalue weighted by atomic mass is 32.2. The van der Waals surface area contributed by atoms with Gasteiger partial charge in [0, 0.05) is 9.79 Å². The van der Waals surface area contributed by atoms with E-state index in [1.54, 1.807) is 0 Å². The van der Waals surface area contributed by atoms with Gasteiger partial charge in [0.15, 0.2) is 0 Å². The van der Waals surface area contributed by atoms with Crippen LogP contribution in [0, 0.1) is 0 Å². The minimum Gasteiger partial charge on any atom is -0.253 e. The third-order valence-corrected chi connectivity index (χ3v) is 4.32. The second-order valence-corrected chi connectivity index (χ2v) is 5.83. The predicted octanol–water partition coefficient (Wildman–Crippen LogP) is 4.31. The van der Waals surface area contributed by atoms with Crippen LogP contribution in [-0.4, -0.2) is 6.04 Å². The molecule has 0 bridgehead atoms. The van der Waals surface area contributed by atoms with Crippen molar-refractivity contribution in [2.24, 2.45) is 4.36 Å². The van der Waals surface area contributed by atoms with Gasteiger partial charge in [0.1, 0.15) is 0 Å². The van der Waals surface area contributed by atoms with E-state index in [4.69, 9.17) is 4.36 Å². The van der Waals surface area contributed by atoms with Crippen molar-refractivity contribution in [3.05, 3.63) is 60.7 Å². The van der Waals surface area contributed by atoms with Crippen LogP contribution in [0.25, 0.3) is 0 Å². The van der Waals surface area contributed by atoms with Crippen LogP contribution >= 0.6 is 0 Å². The van der Waals surface area contributed by atoms with Gasteiger partial charge in [-0.3, -0.25) is 4.36 Å². The van der Waals surface area contributed by atoms with E-state index < -0.39 is 0 Å². The predicted molar refractivity (Wildman–Crippen MR) is 74.3 cm³/mol. The van der Waals surface area contributed by atoms with E-state index in [9.17, 15) is 0 Å². The van der Waals surface area contributed by atoms with Crippen molar-refractivity contribution in [2.45, 2.75) is 29.7 Å².